The SMILES string of the molecule is CCOC(=O)C1=C(N)N(c2cc(C)c(Cl)cc2OC)C2=C(C(=O)CCC2)C12C(=O)Nc1ccc(Cl)cc12. The highest BCUT2D eigenvalue weighted by Gasteiger charge is 2.62. The fourth-order valence-electron chi connectivity index (χ4n) is 5.54. The normalized spacial score (nSPS) is 20.7. The second kappa shape index (κ2) is 9.11. The van der Waals surface area contributed by atoms with E-state index >= 15 is 0 Å². The summed E-state index contributed by atoms with van der Waals surface area (Å²) in [5, 5.41) is 3.67. The van der Waals surface area contributed by atoms with Crippen LogP contribution < -0.4 is 20.7 Å². The highest BCUT2D eigenvalue weighted by atomic mass is 35.5. The van der Waals surface area contributed by atoms with Gasteiger partial charge in [0.15, 0.2) is 5.78 Å². The van der Waals surface area contributed by atoms with Gasteiger partial charge in [-0.1, -0.05) is 23.2 Å². The average molecular weight is 542 g/mol. The Morgan fingerprint density at radius 3 is 2.65 bits per heavy atom. The number of nitrogens with two attached hydrogens (primary N) is 1. The summed E-state index contributed by atoms with van der Waals surface area (Å²) < 4.78 is 11.0. The zero-order valence-electron chi connectivity index (χ0n) is 20.5. The number of Topliss-reactive ketones (excluding diaryl/α,β-unsaturated/α-hetero) is 1. The van der Waals surface area contributed by atoms with Gasteiger partial charge in [-0.15, -0.1) is 0 Å². The Labute approximate surface area is 224 Å². The van der Waals surface area contributed by atoms with Crippen molar-refractivity contribution >= 4 is 52.2 Å². The van der Waals surface area contributed by atoms with Gasteiger partial charge in [0.2, 0.25) is 5.91 Å². The van der Waals surface area contributed by atoms with E-state index in [-0.39, 0.29) is 35.8 Å². The first kappa shape index (κ1) is 25.2. The third-order valence-electron chi connectivity index (χ3n) is 7.06. The van der Waals surface area contributed by atoms with Gasteiger partial charge in [0.1, 0.15) is 22.6 Å². The molecule has 37 heavy (non-hydrogen) atoms. The molecule has 3 aliphatic rings. The van der Waals surface area contributed by atoms with Crippen LogP contribution in [-0.4, -0.2) is 31.4 Å². The molecule has 0 aromatic heterocycles. The molecule has 1 unspecified atom stereocenters. The Kier molecular flexibility index (Phi) is 6.20. The number of carbonyl (C=O) groups is 3. The maximum Gasteiger partial charge on any atom is 0.339 e. The molecule has 0 saturated heterocycles. The number of amides is 1. The fraction of sp³-hybridized carbons (Fsp3) is 0.296. The number of hydrogen-bond acceptors (Lipinski definition) is 7. The number of nitrogens with zero attached hydrogens (tertiary/aromatic N) is 1. The number of ketones is 1. The van der Waals surface area contributed by atoms with Crippen molar-refractivity contribution in [2.75, 3.05) is 23.9 Å². The molecule has 0 bridgehead atoms. The lowest BCUT2D eigenvalue weighted by Gasteiger charge is -2.44. The molecule has 10 heteroatoms. The summed E-state index contributed by atoms with van der Waals surface area (Å²) in [6, 6.07) is 8.30. The minimum atomic E-state index is -1.81. The molecule has 0 radical (unpaired) electrons. The van der Waals surface area contributed by atoms with E-state index in [9.17, 15) is 14.4 Å². The quantitative estimate of drug-likeness (QED) is 0.536. The van der Waals surface area contributed by atoms with E-state index in [1.807, 2.05) is 6.92 Å². The Hall–Kier alpha value is -3.49. The Morgan fingerprint density at radius 2 is 1.95 bits per heavy atom. The topological polar surface area (TPSA) is 111 Å². The highest BCUT2D eigenvalue weighted by Crippen LogP contribution is 2.56. The lowest BCUT2D eigenvalue weighted by atomic mass is 9.63. The van der Waals surface area contributed by atoms with Crippen molar-refractivity contribution in [2.24, 2.45) is 5.73 Å². The number of carbonyl (C=O) groups excluding carboxylic acids is 3. The van der Waals surface area contributed by atoms with Crippen molar-refractivity contribution in [1.82, 2.24) is 0 Å². The molecule has 8 nitrogen and oxygen atoms in total. The second-order valence-electron chi connectivity index (χ2n) is 9.08. The number of benzene rings is 2. The molecule has 0 saturated carbocycles. The number of fused-ring (bicyclic) bond motifs is 3. The summed E-state index contributed by atoms with van der Waals surface area (Å²) in [6.07, 6.45) is 1.20. The first-order chi connectivity index (χ1) is 17.7. The molecule has 0 fully saturated rings. The van der Waals surface area contributed by atoms with Crippen molar-refractivity contribution in [2.45, 2.75) is 38.5 Å². The van der Waals surface area contributed by atoms with Gasteiger partial charge in [-0.25, -0.2) is 4.79 Å². The minimum absolute atomic E-state index is 0.0325. The van der Waals surface area contributed by atoms with E-state index in [4.69, 9.17) is 38.4 Å². The number of esters is 1. The molecule has 2 heterocycles. The van der Waals surface area contributed by atoms with E-state index in [0.717, 1.165) is 5.56 Å². The standard InChI is InChI=1S/C27H25Cl2N3O5/c1-4-37-25(34)23-24(30)32(19-10-13(2)16(29)12-21(19)36-3)18-6-5-7-20(33)22(18)27(23)15-11-14(28)8-9-17(15)31-26(27)35/h8-12H,4-7,30H2,1-3H3,(H,31,35). The monoisotopic (exact) mass is 541 g/mol. The van der Waals surface area contributed by atoms with Crippen molar-refractivity contribution in [3.05, 3.63) is 74.2 Å². The molecule has 1 spiro atoms. The van der Waals surface area contributed by atoms with Crippen LogP contribution in [0.2, 0.25) is 10.0 Å². The summed E-state index contributed by atoms with van der Waals surface area (Å²) in [4.78, 5) is 43.0. The van der Waals surface area contributed by atoms with Gasteiger partial charge in [0, 0.05) is 45.1 Å². The predicted octanol–water partition coefficient (Wildman–Crippen LogP) is 4.76. The van der Waals surface area contributed by atoms with Crippen LogP contribution in [0.15, 0.2) is 53.0 Å². The van der Waals surface area contributed by atoms with Crippen LogP contribution in [0.25, 0.3) is 0 Å². The number of allylic oxidation sites excluding steroid dienone is 1. The number of nitrogens with one attached hydrogen (secondary N) is 1. The second-order valence-corrected chi connectivity index (χ2v) is 9.93. The number of rotatable bonds is 4. The van der Waals surface area contributed by atoms with Crippen molar-refractivity contribution in [1.29, 1.82) is 0 Å². The molecule has 1 aliphatic carbocycles. The molecular weight excluding hydrogens is 517 g/mol. The molecule has 192 valence electrons. The van der Waals surface area contributed by atoms with Crippen molar-refractivity contribution in [3.8, 4) is 5.75 Å². The summed E-state index contributed by atoms with van der Waals surface area (Å²) in [5.74, 6) is -1.26. The molecule has 1 atom stereocenters. The predicted molar refractivity (Wildman–Crippen MR) is 141 cm³/mol. The zero-order valence-corrected chi connectivity index (χ0v) is 22.0. The summed E-state index contributed by atoms with van der Waals surface area (Å²) >= 11 is 12.7. The van der Waals surface area contributed by atoms with Crippen LogP contribution in [0.5, 0.6) is 5.75 Å². The van der Waals surface area contributed by atoms with Gasteiger partial charge in [0.05, 0.1) is 19.4 Å². The van der Waals surface area contributed by atoms with E-state index in [1.54, 1.807) is 42.2 Å². The van der Waals surface area contributed by atoms with Gasteiger partial charge < -0.3 is 20.5 Å². The summed E-state index contributed by atoms with van der Waals surface area (Å²) in [5.41, 5.74) is 7.63. The molecule has 1 amide bonds. The maximum atomic E-state index is 14.0. The van der Waals surface area contributed by atoms with Gasteiger partial charge in [-0.3, -0.25) is 14.5 Å². The van der Waals surface area contributed by atoms with Gasteiger partial charge in [-0.05, 0) is 56.5 Å². The van der Waals surface area contributed by atoms with Crippen LogP contribution in [0.1, 0.15) is 37.3 Å². The van der Waals surface area contributed by atoms with Gasteiger partial charge in [0.25, 0.3) is 0 Å². The molecular formula is C27H25Cl2N3O5. The lowest BCUT2D eigenvalue weighted by molar-refractivity contribution is -0.140. The average Bonchev–Trinajstić information content (AvgIpc) is 3.12. The van der Waals surface area contributed by atoms with E-state index in [0.29, 0.717) is 51.3 Å². The Morgan fingerprint density at radius 1 is 1.19 bits per heavy atom. The van der Waals surface area contributed by atoms with Crippen LogP contribution >= 0.6 is 23.2 Å². The summed E-state index contributed by atoms with van der Waals surface area (Å²) in [7, 11) is 1.49. The van der Waals surface area contributed by atoms with Gasteiger partial charge in [-0.2, -0.15) is 0 Å². The number of hydrogen-bond donors (Lipinski definition) is 2. The molecule has 2 aromatic rings. The fourth-order valence-corrected chi connectivity index (χ4v) is 5.87. The number of ether oxygens (including phenoxy) is 2. The lowest BCUT2D eigenvalue weighted by Crippen LogP contribution is -2.53. The highest BCUT2D eigenvalue weighted by molar-refractivity contribution is 6.32. The van der Waals surface area contributed by atoms with Crippen LogP contribution in [-0.2, 0) is 24.5 Å². The van der Waals surface area contributed by atoms with E-state index in [2.05, 4.69) is 5.32 Å². The first-order valence-corrected chi connectivity index (χ1v) is 12.6. The Bertz CT molecular complexity index is 1450. The molecule has 2 aromatic carbocycles. The third kappa shape index (κ3) is 3.54. The van der Waals surface area contributed by atoms with Crippen LogP contribution in [0, 0.1) is 6.92 Å². The summed E-state index contributed by atoms with van der Waals surface area (Å²) in [6.45, 7) is 3.52. The molecule has 5 rings (SSSR count). The minimum Gasteiger partial charge on any atom is -0.495 e. The number of methoxy groups -OCH3 is 1. The molecule has 2 aliphatic heterocycles. The number of halogens is 2. The molecule has 3 N–H and O–H groups in total. The van der Waals surface area contributed by atoms with Crippen molar-refractivity contribution in [3.63, 3.8) is 0 Å². The number of anilines is 2. The number of aryl methyl sites for hydroxylation is 1. The third-order valence-corrected chi connectivity index (χ3v) is 7.70. The van der Waals surface area contributed by atoms with Crippen LogP contribution in [0.3, 0.4) is 0 Å². The van der Waals surface area contributed by atoms with Gasteiger partial charge >= 0.3 is 5.97 Å². The Balaban J connectivity index is 1.93. The zero-order chi connectivity index (χ0) is 26.6. The first-order valence-electron chi connectivity index (χ1n) is 11.9. The van der Waals surface area contributed by atoms with Crippen molar-refractivity contribution < 1.29 is 23.9 Å². The smallest absolute Gasteiger partial charge is 0.339 e. The largest absolute Gasteiger partial charge is 0.495 e. The van der Waals surface area contributed by atoms with E-state index < -0.39 is 17.3 Å². The maximum absolute atomic E-state index is 14.0. The van der Waals surface area contributed by atoms with E-state index in [1.165, 1.54) is 7.11 Å². The van der Waals surface area contributed by atoms with Crippen LogP contribution in [0.4, 0.5) is 11.4 Å².